The SMILES string of the molecule is CC(=O)c1ccc(Br)cc1N1CCN(C)C(C)(C)C1. The van der Waals surface area contributed by atoms with Crippen molar-refractivity contribution in [2.24, 2.45) is 0 Å². The number of piperazine rings is 1. The first kappa shape index (κ1) is 14.5. The first-order valence-electron chi connectivity index (χ1n) is 6.58. The van der Waals surface area contributed by atoms with Gasteiger partial charge in [-0.05, 0) is 46.0 Å². The molecule has 2 rings (SSSR count). The van der Waals surface area contributed by atoms with Gasteiger partial charge in [-0.25, -0.2) is 0 Å². The van der Waals surface area contributed by atoms with Crippen LogP contribution < -0.4 is 4.90 Å². The van der Waals surface area contributed by atoms with E-state index in [1.807, 2.05) is 12.1 Å². The van der Waals surface area contributed by atoms with Crippen LogP contribution in [0.2, 0.25) is 0 Å². The molecule has 4 heteroatoms. The number of nitrogens with zero attached hydrogens (tertiary/aromatic N) is 2. The summed E-state index contributed by atoms with van der Waals surface area (Å²) in [5, 5.41) is 0. The average Bonchev–Trinajstić information content (AvgIpc) is 2.32. The highest BCUT2D eigenvalue weighted by atomic mass is 79.9. The van der Waals surface area contributed by atoms with Crippen LogP contribution in [-0.2, 0) is 0 Å². The number of hydrogen-bond donors (Lipinski definition) is 0. The molecule has 0 aromatic heterocycles. The highest BCUT2D eigenvalue weighted by Gasteiger charge is 2.32. The second-order valence-electron chi connectivity index (χ2n) is 5.87. The zero-order valence-corrected chi connectivity index (χ0v) is 13.6. The van der Waals surface area contributed by atoms with Gasteiger partial charge in [0.15, 0.2) is 5.78 Å². The molecule has 0 aliphatic carbocycles. The summed E-state index contributed by atoms with van der Waals surface area (Å²) in [7, 11) is 2.16. The van der Waals surface area contributed by atoms with Crippen LogP contribution in [0.5, 0.6) is 0 Å². The van der Waals surface area contributed by atoms with Crippen molar-refractivity contribution in [2.75, 3.05) is 31.6 Å². The van der Waals surface area contributed by atoms with E-state index in [0.29, 0.717) is 0 Å². The molecule has 3 nitrogen and oxygen atoms in total. The van der Waals surface area contributed by atoms with Crippen LogP contribution in [0.25, 0.3) is 0 Å². The van der Waals surface area contributed by atoms with Crippen LogP contribution in [0.1, 0.15) is 31.1 Å². The molecule has 1 aromatic carbocycles. The van der Waals surface area contributed by atoms with Crippen LogP contribution in [0.3, 0.4) is 0 Å². The maximum Gasteiger partial charge on any atom is 0.161 e. The van der Waals surface area contributed by atoms with E-state index >= 15 is 0 Å². The van der Waals surface area contributed by atoms with Crippen molar-refractivity contribution in [3.05, 3.63) is 28.2 Å². The molecule has 0 N–H and O–H groups in total. The number of ketones is 1. The van der Waals surface area contributed by atoms with E-state index in [0.717, 1.165) is 35.4 Å². The number of anilines is 1. The minimum absolute atomic E-state index is 0.120. The van der Waals surface area contributed by atoms with Crippen LogP contribution in [0.4, 0.5) is 5.69 Å². The first-order valence-corrected chi connectivity index (χ1v) is 7.37. The summed E-state index contributed by atoms with van der Waals surface area (Å²) >= 11 is 3.50. The van der Waals surface area contributed by atoms with Gasteiger partial charge in [-0.1, -0.05) is 15.9 Å². The summed E-state index contributed by atoms with van der Waals surface area (Å²) in [6.07, 6.45) is 0. The fraction of sp³-hybridized carbons (Fsp3) is 0.533. The van der Waals surface area contributed by atoms with Crippen molar-refractivity contribution in [3.63, 3.8) is 0 Å². The van der Waals surface area contributed by atoms with Gasteiger partial charge in [0.2, 0.25) is 0 Å². The zero-order valence-electron chi connectivity index (χ0n) is 12.0. The molecule has 1 saturated heterocycles. The Hall–Kier alpha value is -0.870. The van der Waals surface area contributed by atoms with E-state index in [2.05, 4.69) is 52.7 Å². The van der Waals surface area contributed by atoms with Gasteiger partial charge in [0.25, 0.3) is 0 Å². The molecule has 19 heavy (non-hydrogen) atoms. The van der Waals surface area contributed by atoms with Gasteiger partial charge in [0, 0.05) is 40.9 Å². The van der Waals surface area contributed by atoms with Gasteiger partial charge >= 0.3 is 0 Å². The largest absolute Gasteiger partial charge is 0.368 e. The Morgan fingerprint density at radius 1 is 1.32 bits per heavy atom. The molecule has 1 aromatic rings. The first-order chi connectivity index (χ1) is 8.81. The van der Waals surface area contributed by atoms with Crippen molar-refractivity contribution in [1.29, 1.82) is 0 Å². The van der Waals surface area contributed by atoms with E-state index < -0.39 is 0 Å². The number of likely N-dealkylation sites (N-methyl/N-ethyl adjacent to an activating group) is 1. The van der Waals surface area contributed by atoms with E-state index in [1.165, 1.54) is 0 Å². The van der Waals surface area contributed by atoms with Crippen molar-refractivity contribution in [1.82, 2.24) is 4.90 Å². The third kappa shape index (κ3) is 3.00. The van der Waals surface area contributed by atoms with Crippen molar-refractivity contribution in [3.8, 4) is 0 Å². The number of hydrogen-bond acceptors (Lipinski definition) is 3. The molecule has 0 radical (unpaired) electrons. The van der Waals surface area contributed by atoms with Gasteiger partial charge in [-0.3, -0.25) is 9.69 Å². The number of halogens is 1. The Balaban J connectivity index is 2.36. The average molecular weight is 325 g/mol. The molecule has 0 atom stereocenters. The Morgan fingerprint density at radius 3 is 2.58 bits per heavy atom. The van der Waals surface area contributed by atoms with Crippen molar-refractivity contribution < 1.29 is 4.79 Å². The van der Waals surface area contributed by atoms with Crippen LogP contribution in [0.15, 0.2) is 22.7 Å². The van der Waals surface area contributed by atoms with Gasteiger partial charge in [0.05, 0.1) is 0 Å². The van der Waals surface area contributed by atoms with E-state index in [4.69, 9.17) is 0 Å². The van der Waals surface area contributed by atoms with Gasteiger partial charge in [-0.2, -0.15) is 0 Å². The Labute approximate surface area is 123 Å². The van der Waals surface area contributed by atoms with Gasteiger partial charge in [-0.15, -0.1) is 0 Å². The zero-order chi connectivity index (χ0) is 14.2. The highest BCUT2D eigenvalue weighted by Crippen LogP contribution is 2.30. The number of rotatable bonds is 2. The molecule has 0 amide bonds. The van der Waals surface area contributed by atoms with Crippen LogP contribution >= 0.6 is 15.9 Å². The second kappa shape index (κ2) is 5.25. The van der Waals surface area contributed by atoms with Crippen molar-refractivity contribution in [2.45, 2.75) is 26.3 Å². The molecule has 1 aliphatic heterocycles. The normalized spacial score (nSPS) is 19.5. The van der Waals surface area contributed by atoms with Gasteiger partial charge < -0.3 is 4.90 Å². The fourth-order valence-electron chi connectivity index (χ4n) is 2.51. The molecular weight excluding hydrogens is 304 g/mol. The predicted molar refractivity (Wildman–Crippen MR) is 83.1 cm³/mol. The maximum absolute atomic E-state index is 11.8. The van der Waals surface area contributed by atoms with Gasteiger partial charge in [0.1, 0.15) is 0 Å². The summed E-state index contributed by atoms with van der Waals surface area (Å²) in [5.41, 5.74) is 1.97. The van der Waals surface area contributed by atoms with Crippen molar-refractivity contribution >= 4 is 27.4 Å². The minimum Gasteiger partial charge on any atom is -0.368 e. The number of carbonyl (C=O) groups is 1. The minimum atomic E-state index is 0.120. The molecular formula is C15H21BrN2O. The molecule has 1 aliphatic rings. The molecule has 0 saturated carbocycles. The summed E-state index contributed by atoms with van der Waals surface area (Å²) in [5.74, 6) is 0.124. The van der Waals surface area contributed by atoms with E-state index in [1.54, 1.807) is 6.92 Å². The van der Waals surface area contributed by atoms with E-state index in [9.17, 15) is 4.79 Å². The fourth-order valence-corrected chi connectivity index (χ4v) is 2.86. The summed E-state index contributed by atoms with van der Waals surface area (Å²) in [6.45, 7) is 9.01. The smallest absolute Gasteiger partial charge is 0.161 e. The summed E-state index contributed by atoms with van der Waals surface area (Å²) < 4.78 is 1.02. The third-order valence-corrected chi connectivity index (χ3v) is 4.49. The molecule has 1 heterocycles. The Morgan fingerprint density at radius 2 is 2.00 bits per heavy atom. The van der Waals surface area contributed by atoms with Crippen LogP contribution in [-0.4, -0.2) is 42.9 Å². The van der Waals surface area contributed by atoms with Crippen LogP contribution in [0, 0.1) is 0 Å². The number of carbonyl (C=O) groups excluding carboxylic acids is 1. The molecule has 0 unspecified atom stereocenters. The second-order valence-corrected chi connectivity index (χ2v) is 6.79. The number of benzene rings is 1. The predicted octanol–water partition coefficient (Wildman–Crippen LogP) is 3.18. The topological polar surface area (TPSA) is 23.6 Å². The Kier molecular flexibility index (Phi) is 4.02. The lowest BCUT2D eigenvalue weighted by Crippen LogP contribution is -2.57. The molecule has 104 valence electrons. The third-order valence-electron chi connectivity index (χ3n) is 4.00. The monoisotopic (exact) mass is 324 g/mol. The Bertz CT molecular complexity index is 499. The lowest BCUT2D eigenvalue weighted by atomic mass is 9.98. The van der Waals surface area contributed by atoms with E-state index in [-0.39, 0.29) is 11.3 Å². The standard InChI is InChI=1S/C15H21BrN2O/c1-11(19)13-6-5-12(16)9-14(13)18-8-7-17(4)15(2,3)10-18/h5-6,9H,7-8,10H2,1-4H3. The maximum atomic E-state index is 11.8. The number of Topliss-reactive ketones (excluding diaryl/α,β-unsaturated/α-hetero) is 1. The lowest BCUT2D eigenvalue weighted by Gasteiger charge is -2.46. The molecule has 1 fully saturated rings. The lowest BCUT2D eigenvalue weighted by molar-refractivity contribution is 0.101. The molecule has 0 bridgehead atoms. The molecule has 0 spiro atoms. The summed E-state index contributed by atoms with van der Waals surface area (Å²) in [4.78, 5) is 16.5. The highest BCUT2D eigenvalue weighted by molar-refractivity contribution is 9.10. The summed E-state index contributed by atoms with van der Waals surface area (Å²) in [6, 6.07) is 5.90. The quantitative estimate of drug-likeness (QED) is 0.780.